The van der Waals surface area contributed by atoms with Crippen molar-refractivity contribution in [2.24, 2.45) is 5.73 Å². The van der Waals surface area contributed by atoms with Crippen molar-refractivity contribution in [1.29, 1.82) is 0 Å². The van der Waals surface area contributed by atoms with Gasteiger partial charge in [0.15, 0.2) is 0 Å². The number of hydrogen-bond acceptors (Lipinski definition) is 3. The molecular formula is C15H23Cl2N3. The summed E-state index contributed by atoms with van der Waals surface area (Å²) >= 11 is 12.3. The molecule has 1 saturated heterocycles. The summed E-state index contributed by atoms with van der Waals surface area (Å²) in [5.41, 5.74) is 7.15. The van der Waals surface area contributed by atoms with Crippen LogP contribution in [0.15, 0.2) is 18.2 Å². The summed E-state index contributed by atoms with van der Waals surface area (Å²) in [4.78, 5) is 4.86. The van der Waals surface area contributed by atoms with E-state index < -0.39 is 0 Å². The number of likely N-dealkylation sites (N-methyl/N-ethyl adjacent to an activating group) is 1. The first-order valence-electron chi connectivity index (χ1n) is 7.11. The maximum Gasteiger partial charge on any atom is 0.0474 e. The number of nitrogens with two attached hydrogens (primary N) is 1. The molecule has 1 aliphatic heterocycles. The lowest BCUT2D eigenvalue weighted by molar-refractivity contribution is 0.146. The van der Waals surface area contributed by atoms with E-state index in [1.165, 1.54) is 0 Å². The average molecular weight is 316 g/mol. The lowest BCUT2D eigenvalue weighted by Gasteiger charge is -2.35. The van der Waals surface area contributed by atoms with Crippen molar-refractivity contribution in [3.05, 3.63) is 33.8 Å². The van der Waals surface area contributed by atoms with Gasteiger partial charge in [-0.2, -0.15) is 0 Å². The molecule has 0 saturated carbocycles. The number of halogens is 2. The molecule has 3 nitrogen and oxygen atoms in total. The summed E-state index contributed by atoms with van der Waals surface area (Å²) in [7, 11) is 2.17. The zero-order chi connectivity index (χ0) is 14.7. The van der Waals surface area contributed by atoms with Crippen LogP contribution in [0.5, 0.6) is 0 Å². The quantitative estimate of drug-likeness (QED) is 0.930. The predicted octanol–water partition coefficient (Wildman–Crippen LogP) is 3.02. The zero-order valence-corrected chi connectivity index (χ0v) is 13.7. The molecule has 5 heteroatoms. The molecule has 0 bridgehead atoms. The first-order chi connectivity index (χ1) is 9.51. The molecule has 0 spiro atoms. The van der Waals surface area contributed by atoms with Crippen molar-refractivity contribution in [3.8, 4) is 0 Å². The Labute approximate surface area is 131 Å². The van der Waals surface area contributed by atoms with Crippen LogP contribution in [-0.2, 0) is 0 Å². The minimum absolute atomic E-state index is 0.174. The first-order valence-corrected chi connectivity index (χ1v) is 7.87. The summed E-state index contributed by atoms with van der Waals surface area (Å²) in [6.07, 6.45) is 1.16. The predicted molar refractivity (Wildman–Crippen MR) is 86.5 cm³/mol. The van der Waals surface area contributed by atoms with E-state index in [9.17, 15) is 0 Å². The molecule has 1 aromatic rings. The number of hydrogen-bond donors (Lipinski definition) is 1. The molecule has 0 aromatic heterocycles. The number of benzene rings is 1. The van der Waals surface area contributed by atoms with E-state index in [4.69, 9.17) is 28.9 Å². The van der Waals surface area contributed by atoms with E-state index in [-0.39, 0.29) is 6.04 Å². The van der Waals surface area contributed by atoms with Crippen molar-refractivity contribution < 1.29 is 0 Å². The van der Waals surface area contributed by atoms with Crippen LogP contribution in [0.3, 0.4) is 0 Å². The van der Waals surface area contributed by atoms with Gasteiger partial charge in [-0.3, -0.25) is 4.90 Å². The van der Waals surface area contributed by atoms with Crippen LogP contribution in [0.25, 0.3) is 0 Å². The smallest absolute Gasteiger partial charge is 0.0474 e. The first kappa shape index (κ1) is 16.1. The maximum atomic E-state index is 6.13. The molecule has 1 fully saturated rings. The van der Waals surface area contributed by atoms with Crippen molar-refractivity contribution >= 4 is 23.2 Å². The van der Waals surface area contributed by atoms with Crippen molar-refractivity contribution in [2.75, 3.05) is 33.2 Å². The molecule has 20 heavy (non-hydrogen) atoms. The third-order valence-electron chi connectivity index (χ3n) is 3.99. The molecule has 2 atom stereocenters. The number of rotatable bonds is 3. The van der Waals surface area contributed by atoms with Gasteiger partial charge in [0.1, 0.15) is 0 Å². The lowest BCUT2D eigenvalue weighted by atomic mass is 10.0. The molecule has 1 aliphatic rings. The summed E-state index contributed by atoms with van der Waals surface area (Å²) < 4.78 is 0. The highest BCUT2D eigenvalue weighted by Crippen LogP contribution is 2.29. The molecule has 2 N–H and O–H groups in total. The van der Waals surface area contributed by atoms with Crippen LogP contribution in [0.1, 0.15) is 24.9 Å². The molecule has 112 valence electrons. The fraction of sp³-hybridized carbons (Fsp3) is 0.600. The summed E-state index contributed by atoms with van der Waals surface area (Å²) in [6.45, 7) is 6.08. The molecule has 1 heterocycles. The van der Waals surface area contributed by atoms with E-state index in [0.717, 1.165) is 31.6 Å². The van der Waals surface area contributed by atoms with Crippen LogP contribution in [0.2, 0.25) is 10.0 Å². The highest BCUT2D eigenvalue weighted by Gasteiger charge is 2.27. The van der Waals surface area contributed by atoms with Crippen LogP contribution >= 0.6 is 23.2 Å². The van der Waals surface area contributed by atoms with Gasteiger partial charge in [-0.25, -0.2) is 0 Å². The second kappa shape index (κ2) is 7.10. The molecule has 0 amide bonds. The normalized spacial score (nSPS) is 23.6. The van der Waals surface area contributed by atoms with Gasteiger partial charge in [-0.15, -0.1) is 0 Å². The van der Waals surface area contributed by atoms with E-state index in [1.807, 2.05) is 12.1 Å². The van der Waals surface area contributed by atoms with Gasteiger partial charge in [0.2, 0.25) is 0 Å². The largest absolute Gasteiger partial charge is 0.329 e. The monoisotopic (exact) mass is 315 g/mol. The van der Waals surface area contributed by atoms with E-state index in [0.29, 0.717) is 22.6 Å². The van der Waals surface area contributed by atoms with Gasteiger partial charge in [0.05, 0.1) is 0 Å². The topological polar surface area (TPSA) is 32.5 Å². The van der Waals surface area contributed by atoms with Crippen molar-refractivity contribution in [3.63, 3.8) is 0 Å². The van der Waals surface area contributed by atoms with Gasteiger partial charge >= 0.3 is 0 Å². The Kier molecular flexibility index (Phi) is 5.70. The standard InChI is InChI=1S/C15H23Cl2N3/c1-11-10-19(2)4-3-5-20(11)15(9-18)12-6-13(16)8-14(17)7-12/h6-8,11,15H,3-5,9-10,18H2,1-2H3. The Bertz CT molecular complexity index is 432. The van der Waals surface area contributed by atoms with E-state index >= 15 is 0 Å². The molecule has 2 unspecified atom stereocenters. The minimum Gasteiger partial charge on any atom is -0.329 e. The maximum absolute atomic E-state index is 6.13. The molecule has 0 aliphatic carbocycles. The third kappa shape index (κ3) is 3.86. The second-order valence-electron chi connectivity index (χ2n) is 5.66. The van der Waals surface area contributed by atoms with E-state index in [1.54, 1.807) is 6.07 Å². The number of nitrogens with zero attached hydrogens (tertiary/aromatic N) is 2. The van der Waals surface area contributed by atoms with Crippen LogP contribution in [0, 0.1) is 0 Å². The SMILES string of the molecule is CC1CN(C)CCCN1C(CN)c1cc(Cl)cc(Cl)c1. The average Bonchev–Trinajstić information content (AvgIpc) is 2.51. The van der Waals surface area contributed by atoms with Crippen LogP contribution in [-0.4, -0.2) is 49.1 Å². The van der Waals surface area contributed by atoms with Gasteiger partial charge < -0.3 is 10.6 Å². The van der Waals surface area contributed by atoms with Gasteiger partial charge in [-0.05, 0) is 50.7 Å². The van der Waals surface area contributed by atoms with Gasteiger partial charge in [0.25, 0.3) is 0 Å². The van der Waals surface area contributed by atoms with E-state index in [2.05, 4.69) is 23.8 Å². The summed E-state index contributed by atoms with van der Waals surface area (Å²) in [5, 5.41) is 1.34. The van der Waals surface area contributed by atoms with Crippen LogP contribution in [0.4, 0.5) is 0 Å². The molecule has 2 rings (SSSR count). The van der Waals surface area contributed by atoms with Crippen molar-refractivity contribution in [1.82, 2.24) is 9.80 Å². The Morgan fingerprint density at radius 3 is 2.50 bits per heavy atom. The van der Waals surface area contributed by atoms with Gasteiger partial charge in [0, 0.05) is 41.8 Å². The molecule has 1 aromatic carbocycles. The Morgan fingerprint density at radius 1 is 1.25 bits per heavy atom. The molecule has 0 radical (unpaired) electrons. The summed E-state index contributed by atoms with van der Waals surface area (Å²) in [5.74, 6) is 0. The minimum atomic E-state index is 0.174. The van der Waals surface area contributed by atoms with Crippen molar-refractivity contribution in [2.45, 2.75) is 25.4 Å². The highest BCUT2D eigenvalue weighted by molar-refractivity contribution is 6.34. The Balaban J connectivity index is 2.26. The zero-order valence-electron chi connectivity index (χ0n) is 12.1. The second-order valence-corrected chi connectivity index (χ2v) is 6.53. The fourth-order valence-corrected chi connectivity index (χ4v) is 3.63. The Morgan fingerprint density at radius 2 is 1.90 bits per heavy atom. The van der Waals surface area contributed by atoms with Gasteiger partial charge in [-0.1, -0.05) is 23.2 Å². The lowest BCUT2D eigenvalue weighted by Crippen LogP contribution is -2.42. The third-order valence-corrected chi connectivity index (χ3v) is 4.43. The Hall–Kier alpha value is -0.320. The highest BCUT2D eigenvalue weighted by atomic mass is 35.5. The fourth-order valence-electron chi connectivity index (χ4n) is 3.08. The summed E-state index contributed by atoms with van der Waals surface area (Å²) in [6, 6.07) is 6.36. The van der Waals surface area contributed by atoms with Crippen LogP contribution < -0.4 is 5.73 Å². The molecular weight excluding hydrogens is 293 g/mol.